The molecule has 6 nitrogen and oxygen atoms in total. The standard InChI is InChI=1S/C22H23NO5/c1-14-6-4-5-7-19(14)23-13-17(12-20(23)24)22(26)28-15(2)21(25)16-8-10-18(27-3)11-9-16/h4-11,15,17H,12-13H2,1-3H3/t15-,17+/m1/s1. The van der Waals surface area contributed by atoms with Crippen LogP contribution in [0.3, 0.4) is 0 Å². The van der Waals surface area contributed by atoms with Gasteiger partial charge < -0.3 is 14.4 Å². The van der Waals surface area contributed by atoms with E-state index in [4.69, 9.17) is 9.47 Å². The normalized spacial score (nSPS) is 17.3. The molecule has 1 aliphatic rings. The van der Waals surface area contributed by atoms with Crippen LogP contribution in [0, 0.1) is 12.8 Å². The predicted molar refractivity (Wildman–Crippen MR) is 105 cm³/mol. The number of Topliss-reactive ketones (excluding diaryl/α,β-unsaturated/α-hetero) is 1. The number of ketones is 1. The molecule has 2 atom stereocenters. The summed E-state index contributed by atoms with van der Waals surface area (Å²) in [6.07, 6.45) is -0.847. The van der Waals surface area contributed by atoms with Gasteiger partial charge in [0.2, 0.25) is 11.7 Å². The molecule has 0 spiro atoms. The van der Waals surface area contributed by atoms with E-state index in [-0.39, 0.29) is 24.7 Å². The quantitative estimate of drug-likeness (QED) is 0.568. The van der Waals surface area contributed by atoms with E-state index in [1.165, 1.54) is 0 Å². The molecule has 28 heavy (non-hydrogen) atoms. The summed E-state index contributed by atoms with van der Waals surface area (Å²) in [5.74, 6) is -0.888. The van der Waals surface area contributed by atoms with Gasteiger partial charge >= 0.3 is 5.97 Å². The van der Waals surface area contributed by atoms with E-state index in [1.54, 1.807) is 43.2 Å². The maximum atomic E-state index is 12.5. The number of amides is 1. The van der Waals surface area contributed by atoms with Gasteiger partial charge in [0.25, 0.3) is 0 Å². The smallest absolute Gasteiger partial charge is 0.312 e. The second-order valence-corrected chi connectivity index (χ2v) is 6.86. The first-order valence-electron chi connectivity index (χ1n) is 9.15. The third-order valence-corrected chi connectivity index (χ3v) is 4.90. The zero-order valence-electron chi connectivity index (χ0n) is 16.2. The molecule has 146 valence electrons. The van der Waals surface area contributed by atoms with Gasteiger partial charge in [-0.05, 0) is 49.7 Å². The Bertz CT molecular complexity index is 890. The van der Waals surface area contributed by atoms with Crippen LogP contribution in [0.5, 0.6) is 5.75 Å². The lowest BCUT2D eigenvalue weighted by Gasteiger charge is -2.19. The lowest BCUT2D eigenvalue weighted by molar-refractivity contribution is -0.151. The van der Waals surface area contributed by atoms with E-state index in [1.807, 2.05) is 31.2 Å². The van der Waals surface area contributed by atoms with Crippen molar-refractivity contribution in [2.45, 2.75) is 26.4 Å². The van der Waals surface area contributed by atoms with E-state index >= 15 is 0 Å². The summed E-state index contributed by atoms with van der Waals surface area (Å²) in [4.78, 5) is 39.0. The fraction of sp³-hybridized carbons (Fsp3) is 0.318. The second kappa shape index (κ2) is 8.25. The summed E-state index contributed by atoms with van der Waals surface area (Å²) in [6, 6.07) is 14.2. The van der Waals surface area contributed by atoms with Crippen LogP contribution in [-0.2, 0) is 14.3 Å². The average molecular weight is 381 g/mol. The number of esters is 1. The van der Waals surface area contributed by atoms with E-state index in [0.717, 1.165) is 11.3 Å². The molecule has 0 radical (unpaired) electrons. The Morgan fingerprint density at radius 3 is 2.43 bits per heavy atom. The van der Waals surface area contributed by atoms with Crippen LogP contribution in [0.4, 0.5) is 5.69 Å². The summed E-state index contributed by atoms with van der Waals surface area (Å²) in [6.45, 7) is 3.72. The molecule has 1 fully saturated rings. The number of ether oxygens (including phenoxy) is 2. The van der Waals surface area contributed by atoms with Crippen LogP contribution in [0.15, 0.2) is 48.5 Å². The first-order valence-corrected chi connectivity index (χ1v) is 9.15. The first-order chi connectivity index (χ1) is 13.4. The zero-order valence-corrected chi connectivity index (χ0v) is 16.2. The Balaban J connectivity index is 1.63. The van der Waals surface area contributed by atoms with E-state index in [9.17, 15) is 14.4 Å². The van der Waals surface area contributed by atoms with Crippen LogP contribution in [0.1, 0.15) is 29.3 Å². The number of para-hydroxylation sites is 1. The van der Waals surface area contributed by atoms with Gasteiger partial charge in [-0.25, -0.2) is 0 Å². The van der Waals surface area contributed by atoms with E-state index < -0.39 is 18.0 Å². The minimum atomic E-state index is -0.927. The maximum Gasteiger partial charge on any atom is 0.312 e. The summed E-state index contributed by atoms with van der Waals surface area (Å²) >= 11 is 0. The number of nitrogens with zero attached hydrogens (tertiary/aromatic N) is 1. The first kappa shape index (κ1) is 19.6. The molecule has 1 aliphatic heterocycles. The Morgan fingerprint density at radius 2 is 1.79 bits per heavy atom. The van der Waals surface area contributed by atoms with Gasteiger partial charge in [0.15, 0.2) is 6.10 Å². The second-order valence-electron chi connectivity index (χ2n) is 6.86. The molecule has 1 heterocycles. The lowest BCUT2D eigenvalue weighted by Crippen LogP contribution is -2.30. The summed E-state index contributed by atoms with van der Waals surface area (Å²) in [5.41, 5.74) is 2.20. The molecule has 0 bridgehead atoms. The summed E-state index contributed by atoms with van der Waals surface area (Å²) in [5, 5.41) is 0. The number of rotatable bonds is 6. The monoisotopic (exact) mass is 381 g/mol. The summed E-state index contributed by atoms with van der Waals surface area (Å²) < 4.78 is 10.4. The molecule has 0 aliphatic carbocycles. The van der Waals surface area contributed by atoms with Gasteiger partial charge in [-0.3, -0.25) is 14.4 Å². The average Bonchev–Trinajstić information content (AvgIpc) is 3.09. The van der Waals surface area contributed by atoms with E-state index in [0.29, 0.717) is 11.3 Å². The number of anilines is 1. The highest BCUT2D eigenvalue weighted by Gasteiger charge is 2.37. The predicted octanol–water partition coefficient (Wildman–Crippen LogP) is 3.17. The van der Waals surface area contributed by atoms with Crippen molar-refractivity contribution in [3.8, 4) is 5.75 Å². The molecule has 1 saturated heterocycles. The minimum Gasteiger partial charge on any atom is -0.497 e. The van der Waals surface area contributed by atoms with Crippen molar-refractivity contribution in [2.75, 3.05) is 18.6 Å². The van der Waals surface area contributed by atoms with Crippen molar-refractivity contribution in [1.82, 2.24) is 0 Å². The lowest BCUT2D eigenvalue weighted by atomic mass is 10.1. The summed E-state index contributed by atoms with van der Waals surface area (Å²) in [7, 11) is 1.55. The van der Waals surface area contributed by atoms with Gasteiger partial charge in [-0.1, -0.05) is 18.2 Å². The highest BCUT2D eigenvalue weighted by Crippen LogP contribution is 2.28. The molecule has 1 amide bonds. The van der Waals surface area contributed by atoms with Crippen molar-refractivity contribution in [1.29, 1.82) is 0 Å². The Kier molecular flexibility index (Phi) is 5.78. The van der Waals surface area contributed by atoms with Crippen molar-refractivity contribution in [3.63, 3.8) is 0 Å². The van der Waals surface area contributed by atoms with Crippen LogP contribution in [0.2, 0.25) is 0 Å². The molecular formula is C22H23NO5. The topological polar surface area (TPSA) is 72.9 Å². The molecule has 0 N–H and O–H groups in total. The van der Waals surface area contributed by atoms with Crippen LogP contribution in [-0.4, -0.2) is 37.4 Å². The van der Waals surface area contributed by atoms with Crippen LogP contribution < -0.4 is 9.64 Å². The van der Waals surface area contributed by atoms with Crippen molar-refractivity contribution in [3.05, 3.63) is 59.7 Å². The maximum absolute atomic E-state index is 12.5. The highest BCUT2D eigenvalue weighted by molar-refractivity contribution is 6.02. The van der Waals surface area contributed by atoms with Gasteiger partial charge in [0, 0.05) is 24.2 Å². The largest absolute Gasteiger partial charge is 0.497 e. The number of hydrogen-bond acceptors (Lipinski definition) is 5. The van der Waals surface area contributed by atoms with Crippen molar-refractivity contribution < 1.29 is 23.9 Å². The van der Waals surface area contributed by atoms with Gasteiger partial charge in [0.1, 0.15) is 5.75 Å². The molecule has 0 saturated carbocycles. The third kappa shape index (κ3) is 4.06. The Labute approximate surface area is 164 Å². The number of benzene rings is 2. The van der Waals surface area contributed by atoms with Gasteiger partial charge in [0.05, 0.1) is 13.0 Å². The molecule has 6 heteroatoms. The van der Waals surface area contributed by atoms with Crippen LogP contribution in [0.25, 0.3) is 0 Å². The molecule has 0 unspecified atom stereocenters. The number of carbonyl (C=O) groups excluding carboxylic acids is 3. The van der Waals surface area contributed by atoms with Gasteiger partial charge in [-0.2, -0.15) is 0 Å². The zero-order chi connectivity index (χ0) is 20.3. The molecule has 2 aromatic carbocycles. The van der Waals surface area contributed by atoms with Crippen molar-refractivity contribution in [2.24, 2.45) is 5.92 Å². The fourth-order valence-corrected chi connectivity index (χ4v) is 3.28. The SMILES string of the molecule is COc1ccc(C(=O)[C@@H](C)OC(=O)[C@H]2CC(=O)N(c3ccccc3C)C2)cc1. The van der Waals surface area contributed by atoms with Gasteiger partial charge in [-0.15, -0.1) is 0 Å². The molecule has 3 rings (SSSR count). The highest BCUT2D eigenvalue weighted by atomic mass is 16.5. The molecule has 2 aromatic rings. The third-order valence-electron chi connectivity index (χ3n) is 4.90. The van der Waals surface area contributed by atoms with Crippen LogP contribution >= 0.6 is 0 Å². The molecule has 0 aromatic heterocycles. The number of carbonyl (C=O) groups is 3. The molecular weight excluding hydrogens is 358 g/mol. The number of methoxy groups -OCH3 is 1. The number of aryl methyl sites for hydroxylation is 1. The minimum absolute atomic E-state index is 0.0800. The Morgan fingerprint density at radius 1 is 1.11 bits per heavy atom. The number of hydrogen-bond donors (Lipinski definition) is 0. The van der Waals surface area contributed by atoms with Crippen molar-refractivity contribution >= 4 is 23.3 Å². The fourth-order valence-electron chi connectivity index (χ4n) is 3.28. The Hall–Kier alpha value is -3.15. The van der Waals surface area contributed by atoms with E-state index in [2.05, 4.69) is 0 Å².